The fourth-order valence-corrected chi connectivity index (χ4v) is 4.78. The molecule has 0 saturated carbocycles. The molecule has 0 aromatic carbocycles. The topological polar surface area (TPSA) is 123 Å². The first-order chi connectivity index (χ1) is 23.4. The Morgan fingerprint density at radius 1 is 1.00 bits per heavy atom. The van der Waals surface area contributed by atoms with Crippen LogP contribution in [0.2, 0.25) is 0 Å². The molecule has 0 bridgehead atoms. The molecule has 1 aliphatic rings. The quantitative estimate of drug-likeness (QED) is 0.143. The van der Waals surface area contributed by atoms with Gasteiger partial charge in [-0.25, -0.2) is 4.79 Å². The summed E-state index contributed by atoms with van der Waals surface area (Å²) in [6, 6.07) is -1.01. The summed E-state index contributed by atoms with van der Waals surface area (Å²) in [5, 5.41) is 14.3. The van der Waals surface area contributed by atoms with Crippen LogP contribution in [0.4, 0.5) is 0 Å². The number of nitrogens with one attached hydrogen (secondary N) is 2. The summed E-state index contributed by atoms with van der Waals surface area (Å²) in [5.74, 6) is -1.10. The highest BCUT2D eigenvalue weighted by Gasteiger charge is 2.21. The molecular weight excluding hydrogens is 620 g/mol. The number of hydrogen-bond acceptors (Lipinski definition) is 7. The van der Waals surface area contributed by atoms with E-state index in [9.17, 15) is 19.5 Å². The first-order valence-electron chi connectivity index (χ1n) is 16.8. The maximum absolute atomic E-state index is 13.0. The van der Waals surface area contributed by atoms with Crippen molar-refractivity contribution in [2.45, 2.75) is 85.2 Å². The summed E-state index contributed by atoms with van der Waals surface area (Å²) in [6.07, 6.45) is 29.7. The van der Waals surface area contributed by atoms with Crippen LogP contribution in [-0.2, 0) is 28.6 Å². The Balaban J connectivity index is 3.31. The maximum atomic E-state index is 13.0. The Bertz CT molecular complexity index is 1320. The molecule has 6 unspecified atom stereocenters. The van der Waals surface area contributed by atoms with E-state index in [1.165, 1.54) is 11.6 Å². The zero-order valence-corrected chi connectivity index (χ0v) is 30.6. The second-order valence-electron chi connectivity index (χ2n) is 12.3. The monoisotopic (exact) mass is 678 g/mol. The molecule has 0 aromatic heterocycles. The largest absolute Gasteiger partial charge is 0.454 e. The number of aliphatic hydroxyl groups excluding tert-OH is 1. The van der Waals surface area contributed by atoms with Gasteiger partial charge in [-0.3, -0.25) is 9.59 Å². The molecular formula is C40H58N2O7. The van der Waals surface area contributed by atoms with E-state index in [0.717, 1.165) is 36.0 Å². The van der Waals surface area contributed by atoms with Crippen molar-refractivity contribution >= 4 is 18.3 Å². The third-order valence-electron chi connectivity index (χ3n) is 7.88. The molecule has 1 heterocycles. The molecule has 270 valence electrons. The van der Waals surface area contributed by atoms with Gasteiger partial charge in [0.15, 0.2) is 0 Å². The van der Waals surface area contributed by atoms with E-state index in [2.05, 4.69) is 41.9 Å². The number of amides is 2. The molecule has 0 aliphatic carbocycles. The number of carbonyl (C=O) groups is 3. The lowest BCUT2D eigenvalue weighted by atomic mass is 9.96. The summed E-state index contributed by atoms with van der Waals surface area (Å²) >= 11 is 0. The fraction of sp³-hybridized carbons (Fsp3) is 0.475. The van der Waals surface area contributed by atoms with E-state index in [-0.39, 0.29) is 30.6 Å². The molecule has 0 saturated heterocycles. The highest BCUT2D eigenvalue weighted by atomic mass is 16.5. The molecule has 0 spiro atoms. The number of methoxy groups -OCH3 is 2. The van der Waals surface area contributed by atoms with Crippen molar-refractivity contribution in [2.24, 2.45) is 11.8 Å². The number of cyclic esters (lactones) is 1. The van der Waals surface area contributed by atoms with Crippen LogP contribution in [0.5, 0.6) is 0 Å². The van der Waals surface area contributed by atoms with Crippen molar-refractivity contribution in [1.29, 1.82) is 0 Å². The Morgan fingerprint density at radius 2 is 1.69 bits per heavy atom. The van der Waals surface area contributed by atoms with Crippen LogP contribution in [0.25, 0.3) is 0 Å². The molecule has 49 heavy (non-hydrogen) atoms. The molecule has 0 aromatic rings. The Hall–Kier alpha value is -4.05. The van der Waals surface area contributed by atoms with Gasteiger partial charge in [0, 0.05) is 32.8 Å². The number of allylic oxidation sites excluding steroid dienone is 11. The lowest BCUT2D eigenvalue weighted by Crippen LogP contribution is -2.46. The first kappa shape index (κ1) is 43.0. The van der Waals surface area contributed by atoms with Gasteiger partial charge in [-0.15, -0.1) is 0 Å². The standard InChI is InChI=1S/C40H58N2O7/c1-29-13-11-17-35(47-7)16-10-9-15-33(5)39(34(6)23-21-32(4)26-41-40(46)37(27-43)42-28-44)49-38(45)24-22-30(2)19-20-31(3)25-36(48-8)18-12-14-29/h9-10,12-16,19-25,28,30,33,35-37,39,43H,11,17-18,26-27H2,1-8H3,(H,41,46)(H,42,44)/b14-12+,15-9+,16-10+,20-19+,24-22+,29-13+,31-25+,32-21+,34-23+. The van der Waals surface area contributed by atoms with Crippen molar-refractivity contribution in [3.05, 3.63) is 107 Å². The summed E-state index contributed by atoms with van der Waals surface area (Å²) in [7, 11) is 3.41. The number of aliphatic hydroxyl groups is 1. The van der Waals surface area contributed by atoms with E-state index in [1.807, 2.05) is 89.3 Å². The summed E-state index contributed by atoms with van der Waals surface area (Å²) in [6.45, 7) is 11.6. The Labute approximate surface area is 293 Å². The third kappa shape index (κ3) is 18.9. The van der Waals surface area contributed by atoms with Gasteiger partial charge in [0.05, 0.1) is 18.8 Å². The van der Waals surface area contributed by atoms with Gasteiger partial charge >= 0.3 is 5.97 Å². The van der Waals surface area contributed by atoms with Gasteiger partial charge in [-0.2, -0.15) is 0 Å². The third-order valence-corrected chi connectivity index (χ3v) is 7.88. The number of ether oxygens (including phenoxy) is 3. The van der Waals surface area contributed by atoms with Gasteiger partial charge < -0.3 is 30.0 Å². The molecule has 3 N–H and O–H groups in total. The van der Waals surface area contributed by atoms with Gasteiger partial charge in [0.25, 0.3) is 0 Å². The predicted molar refractivity (Wildman–Crippen MR) is 197 cm³/mol. The molecule has 6 atom stereocenters. The highest BCUT2D eigenvalue weighted by Crippen LogP contribution is 2.20. The predicted octanol–water partition coefficient (Wildman–Crippen LogP) is 6.17. The smallest absolute Gasteiger partial charge is 0.331 e. The van der Waals surface area contributed by atoms with Gasteiger partial charge in [-0.05, 0) is 58.4 Å². The average molecular weight is 679 g/mol. The van der Waals surface area contributed by atoms with Crippen molar-refractivity contribution in [1.82, 2.24) is 10.6 Å². The van der Waals surface area contributed by atoms with Gasteiger partial charge in [-0.1, -0.05) is 110 Å². The van der Waals surface area contributed by atoms with Gasteiger partial charge in [0.2, 0.25) is 12.3 Å². The lowest BCUT2D eigenvalue weighted by Gasteiger charge is -2.22. The zero-order valence-electron chi connectivity index (χ0n) is 30.6. The normalized spacial score (nSPS) is 30.1. The minimum atomic E-state index is -1.01. The van der Waals surface area contributed by atoms with Crippen molar-refractivity contribution in [3.8, 4) is 0 Å². The SMILES string of the molecule is COC1/C=C(C)/C=C/C(C)/C=C/C(=O)OC(/C(C)=C/C=C(\C)CNC(=O)C(CO)NC=O)C(C)/C=C/C=C/C(OC)CC/C=C(C)/C=C/C1. The number of rotatable bonds is 10. The van der Waals surface area contributed by atoms with Crippen molar-refractivity contribution in [3.63, 3.8) is 0 Å². The molecule has 1 aliphatic heterocycles. The van der Waals surface area contributed by atoms with Crippen LogP contribution in [0, 0.1) is 11.8 Å². The lowest BCUT2D eigenvalue weighted by molar-refractivity contribution is -0.142. The van der Waals surface area contributed by atoms with E-state index in [4.69, 9.17) is 14.2 Å². The van der Waals surface area contributed by atoms with E-state index in [1.54, 1.807) is 14.2 Å². The summed E-state index contributed by atoms with van der Waals surface area (Å²) in [5.41, 5.74) is 3.90. The Kier molecular flexibility index (Phi) is 21.9. The molecule has 0 radical (unpaired) electrons. The second-order valence-corrected chi connectivity index (χ2v) is 12.3. The maximum Gasteiger partial charge on any atom is 0.331 e. The number of carbonyl (C=O) groups excluding carboxylic acids is 3. The first-order valence-corrected chi connectivity index (χ1v) is 16.8. The van der Waals surface area contributed by atoms with E-state index >= 15 is 0 Å². The number of hydrogen-bond donors (Lipinski definition) is 3. The minimum absolute atomic E-state index is 0.00523. The zero-order chi connectivity index (χ0) is 36.6. The molecule has 0 fully saturated rings. The minimum Gasteiger partial charge on any atom is -0.454 e. The Morgan fingerprint density at radius 3 is 2.37 bits per heavy atom. The fourth-order valence-electron chi connectivity index (χ4n) is 4.78. The van der Waals surface area contributed by atoms with Gasteiger partial charge in [0.1, 0.15) is 12.1 Å². The van der Waals surface area contributed by atoms with Crippen molar-refractivity contribution < 1.29 is 33.7 Å². The van der Waals surface area contributed by atoms with E-state index in [0.29, 0.717) is 6.41 Å². The molecule has 1 rings (SSSR count). The second kappa shape index (κ2) is 25.0. The van der Waals surface area contributed by atoms with E-state index < -0.39 is 30.6 Å². The summed E-state index contributed by atoms with van der Waals surface area (Å²) < 4.78 is 17.3. The molecule has 9 nitrogen and oxygen atoms in total. The van der Waals surface area contributed by atoms with Crippen LogP contribution in [-0.4, -0.2) is 75.1 Å². The van der Waals surface area contributed by atoms with Crippen LogP contribution >= 0.6 is 0 Å². The van der Waals surface area contributed by atoms with Crippen LogP contribution in [0.15, 0.2) is 107 Å². The molecule has 9 heteroatoms. The highest BCUT2D eigenvalue weighted by molar-refractivity contribution is 5.84. The van der Waals surface area contributed by atoms with Crippen molar-refractivity contribution in [2.75, 3.05) is 27.4 Å². The van der Waals surface area contributed by atoms with Crippen LogP contribution in [0.1, 0.15) is 60.8 Å². The van der Waals surface area contributed by atoms with Crippen LogP contribution in [0.3, 0.4) is 0 Å². The molecule has 2 amide bonds. The average Bonchev–Trinajstić information content (AvgIpc) is 3.08. The summed E-state index contributed by atoms with van der Waals surface area (Å²) in [4.78, 5) is 35.9. The van der Waals surface area contributed by atoms with Crippen LogP contribution < -0.4 is 10.6 Å². The number of esters is 1.